The summed E-state index contributed by atoms with van der Waals surface area (Å²) < 4.78 is 0. The van der Waals surface area contributed by atoms with Crippen molar-refractivity contribution in [1.82, 2.24) is 4.98 Å². The molecule has 1 heterocycles. The lowest BCUT2D eigenvalue weighted by molar-refractivity contribution is 0.0697. The number of aromatic nitrogens is 1. The minimum Gasteiger partial charge on any atom is -0.478 e. The third-order valence-corrected chi connectivity index (χ3v) is 3.64. The Balaban J connectivity index is 2.43. The fraction of sp³-hybridized carbons (Fsp3) is 0.250. The van der Waals surface area contributed by atoms with Crippen molar-refractivity contribution in [1.29, 1.82) is 0 Å². The Morgan fingerprint density at radius 1 is 1.29 bits per heavy atom. The zero-order valence-corrected chi connectivity index (χ0v) is 12.7. The van der Waals surface area contributed by atoms with Gasteiger partial charge in [0.25, 0.3) is 0 Å². The maximum Gasteiger partial charge on any atom is 0.337 e. The molecule has 1 aromatic heterocycles. The zero-order chi connectivity index (χ0) is 15.4. The molecule has 0 aliphatic heterocycles. The fourth-order valence-corrected chi connectivity index (χ4v) is 2.39. The lowest BCUT2D eigenvalue weighted by Crippen LogP contribution is -2.04. The van der Waals surface area contributed by atoms with Crippen LogP contribution in [0.1, 0.15) is 35.3 Å². The highest BCUT2D eigenvalue weighted by Crippen LogP contribution is 2.27. The summed E-state index contributed by atoms with van der Waals surface area (Å²) in [5.74, 6) is -0.586. The second-order valence-corrected chi connectivity index (χ2v) is 5.05. The van der Waals surface area contributed by atoms with Gasteiger partial charge >= 0.3 is 5.97 Å². The number of halogens is 1. The molecule has 2 aromatic rings. The van der Waals surface area contributed by atoms with Crippen molar-refractivity contribution < 1.29 is 9.90 Å². The van der Waals surface area contributed by atoms with Crippen molar-refractivity contribution in [3.63, 3.8) is 0 Å². The van der Waals surface area contributed by atoms with Crippen LogP contribution in [0.25, 0.3) is 0 Å². The van der Waals surface area contributed by atoms with Gasteiger partial charge < -0.3 is 10.4 Å². The summed E-state index contributed by atoms with van der Waals surface area (Å²) in [5, 5.41) is 12.5. The molecular weight excluding hydrogens is 288 g/mol. The van der Waals surface area contributed by atoms with Crippen LogP contribution in [0.15, 0.2) is 30.5 Å². The summed E-state index contributed by atoms with van der Waals surface area (Å²) >= 11 is 5.84. The summed E-state index contributed by atoms with van der Waals surface area (Å²) in [6.07, 6.45) is 3.12. The van der Waals surface area contributed by atoms with E-state index in [0.29, 0.717) is 5.82 Å². The van der Waals surface area contributed by atoms with Crippen LogP contribution >= 0.6 is 11.6 Å². The fourth-order valence-electron chi connectivity index (χ4n) is 2.20. The maximum absolute atomic E-state index is 11.1. The van der Waals surface area contributed by atoms with Gasteiger partial charge in [-0.3, -0.25) is 0 Å². The molecule has 0 spiro atoms. The Morgan fingerprint density at radius 3 is 2.43 bits per heavy atom. The SMILES string of the molecule is CCc1cccc(CC)c1Nc1cc(C(=O)O)c(Cl)cn1. The second-order valence-electron chi connectivity index (χ2n) is 4.64. The van der Waals surface area contributed by atoms with Crippen LogP contribution in [0.2, 0.25) is 5.02 Å². The van der Waals surface area contributed by atoms with E-state index in [2.05, 4.69) is 36.3 Å². The number of carbonyl (C=O) groups is 1. The summed E-state index contributed by atoms with van der Waals surface area (Å²) in [4.78, 5) is 15.3. The van der Waals surface area contributed by atoms with Crippen molar-refractivity contribution in [2.24, 2.45) is 0 Å². The van der Waals surface area contributed by atoms with E-state index in [1.807, 2.05) is 6.07 Å². The molecular formula is C16H17ClN2O2. The first-order valence-electron chi connectivity index (χ1n) is 6.83. The first kappa shape index (κ1) is 15.3. The molecule has 0 fully saturated rings. The van der Waals surface area contributed by atoms with Crippen LogP contribution in [0, 0.1) is 0 Å². The van der Waals surface area contributed by atoms with Crippen LogP contribution in [0.5, 0.6) is 0 Å². The third-order valence-electron chi connectivity index (χ3n) is 3.34. The predicted molar refractivity (Wildman–Crippen MR) is 84.7 cm³/mol. The lowest BCUT2D eigenvalue weighted by atomic mass is 10.0. The summed E-state index contributed by atoms with van der Waals surface area (Å²) in [6.45, 7) is 4.16. The number of hydrogen-bond donors (Lipinski definition) is 2. The largest absolute Gasteiger partial charge is 0.478 e. The third kappa shape index (κ3) is 3.34. The van der Waals surface area contributed by atoms with Gasteiger partial charge in [0.1, 0.15) is 5.82 Å². The van der Waals surface area contributed by atoms with Crippen molar-refractivity contribution in [2.75, 3.05) is 5.32 Å². The van der Waals surface area contributed by atoms with E-state index < -0.39 is 5.97 Å². The Morgan fingerprint density at radius 2 is 1.90 bits per heavy atom. The number of anilines is 2. The monoisotopic (exact) mass is 304 g/mol. The average molecular weight is 305 g/mol. The van der Waals surface area contributed by atoms with Gasteiger partial charge in [-0.15, -0.1) is 0 Å². The average Bonchev–Trinajstić information content (AvgIpc) is 2.49. The number of pyridine rings is 1. The summed E-state index contributed by atoms with van der Waals surface area (Å²) in [6, 6.07) is 7.59. The quantitative estimate of drug-likeness (QED) is 0.864. The number of benzene rings is 1. The Kier molecular flexibility index (Phi) is 4.81. The molecule has 2 rings (SSSR count). The molecule has 110 valence electrons. The van der Waals surface area contributed by atoms with Crippen molar-refractivity contribution in [3.8, 4) is 0 Å². The Hall–Kier alpha value is -2.07. The van der Waals surface area contributed by atoms with E-state index in [-0.39, 0.29) is 10.6 Å². The number of nitrogens with zero attached hydrogens (tertiary/aromatic N) is 1. The minimum absolute atomic E-state index is 0.0428. The van der Waals surface area contributed by atoms with Crippen LogP contribution in [-0.2, 0) is 12.8 Å². The zero-order valence-electron chi connectivity index (χ0n) is 12.0. The molecule has 0 bridgehead atoms. The van der Waals surface area contributed by atoms with E-state index >= 15 is 0 Å². The molecule has 0 amide bonds. The van der Waals surface area contributed by atoms with Gasteiger partial charge in [0.2, 0.25) is 0 Å². The molecule has 0 radical (unpaired) electrons. The van der Waals surface area contributed by atoms with E-state index in [0.717, 1.165) is 18.5 Å². The highest BCUT2D eigenvalue weighted by atomic mass is 35.5. The number of carboxylic acids is 1. The van der Waals surface area contributed by atoms with Gasteiger partial charge in [-0.2, -0.15) is 0 Å². The summed E-state index contributed by atoms with van der Waals surface area (Å²) in [7, 11) is 0. The van der Waals surface area contributed by atoms with Gasteiger partial charge in [-0.25, -0.2) is 9.78 Å². The van der Waals surface area contributed by atoms with Gasteiger partial charge in [0.05, 0.1) is 10.6 Å². The van der Waals surface area contributed by atoms with Crippen LogP contribution in [0.3, 0.4) is 0 Å². The van der Waals surface area contributed by atoms with Crippen LogP contribution in [-0.4, -0.2) is 16.1 Å². The van der Waals surface area contributed by atoms with E-state index in [4.69, 9.17) is 16.7 Å². The molecule has 0 atom stereocenters. The molecule has 21 heavy (non-hydrogen) atoms. The molecule has 4 nitrogen and oxygen atoms in total. The number of hydrogen-bond acceptors (Lipinski definition) is 3. The molecule has 0 unspecified atom stereocenters. The van der Waals surface area contributed by atoms with Gasteiger partial charge in [-0.05, 0) is 30.0 Å². The second kappa shape index (κ2) is 6.59. The van der Waals surface area contributed by atoms with Crippen molar-refractivity contribution in [3.05, 3.63) is 52.2 Å². The number of aryl methyl sites for hydroxylation is 2. The summed E-state index contributed by atoms with van der Waals surface area (Å²) in [5.41, 5.74) is 3.38. The number of nitrogens with one attached hydrogen (secondary N) is 1. The highest BCUT2D eigenvalue weighted by molar-refractivity contribution is 6.33. The van der Waals surface area contributed by atoms with Gasteiger partial charge in [0, 0.05) is 11.9 Å². The van der Waals surface area contributed by atoms with Crippen LogP contribution in [0.4, 0.5) is 11.5 Å². The number of para-hydroxylation sites is 1. The minimum atomic E-state index is -1.06. The molecule has 0 aliphatic carbocycles. The maximum atomic E-state index is 11.1. The van der Waals surface area contributed by atoms with E-state index in [1.165, 1.54) is 23.4 Å². The lowest BCUT2D eigenvalue weighted by Gasteiger charge is -2.15. The predicted octanol–water partition coefficient (Wildman–Crippen LogP) is 4.30. The first-order chi connectivity index (χ1) is 10.1. The molecule has 0 aliphatic rings. The normalized spacial score (nSPS) is 10.4. The topological polar surface area (TPSA) is 62.2 Å². The molecule has 1 aromatic carbocycles. The standard InChI is InChI=1S/C16H17ClN2O2/c1-3-10-6-5-7-11(4-2)15(10)19-14-8-12(16(20)21)13(17)9-18-14/h5-9H,3-4H2,1-2H3,(H,18,19)(H,20,21). The highest BCUT2D eigenvalue weighted by Gasteiger charge is 2.12. The Bertz CT molecular complexity index is 649. The molecule has 0 saturated heterocycles. The van der Waals surface area contributed by atoms with Gasteiger partial charge in [0.15, 0.2) is 0 Å². The number of carboxylic acid groups (broad SMARTS) is 1. The van der Waals surface area contributed by atoms with Crippen LogP contribution < -0.4 is 5.32 Å². The van der Waals surface area contributed by atoms with Crippen molar-refractivity contribution >= 4 is 29.1 Å². The number of aromatic carboxylic acids is 1. The first-order valence-corrected chi connectivity index (χ1v) is 7.21. The van der Waals surface area contributed by atoms with E-state index in [1.54, 1.807) is 0 Å². The van der Waals surface area contributed by atoms with Crippen molar-refractivity contribution in [2.45, 2.75) is 26.7 Å². The Labute approximate surface area is 128 Å². The molecule has 0 saturated carbocycles. The number of rotatable bonds is 5. The van der Waals surface area contributed by atoms with Gasteiger partial charge in [-0.1, -0.05) is 43.6 Å². The molecule has 5 heteroatoms. The smallest absolute Gasteiger partial charge is 0.337 e. The molecule has 2 N–H and O–H groups in total. The van der Waals surface area contributed by atoms with E-state index in [9.17, 15) is 4.79 Å².